The molecule has 2 aromatic rings. The smallest absolute Gasteiger partial charge is 0.229 e. The Labute approximate surface area is 142 Å². The van der Waals surface area contributed by atoms with E-state index in [9.17, 15) is 0 Å². The fraction of sp³-hybridized carbons (Fsp3) is 0.556. The number of hydrogen-bond acceptors (Lipinski definition) is 6. The van der Waals surface area contributed by atoms with Crippen LogP contribution < -0.4 is 9.47 Å². The Kier molecular flexibility index (Phi) is 5.04. The number of hydrogen-bond donors (Lipinski definition) is 0. The quantitative estimate of drug-likeness (QED) is 0.807. The van der Waals surface area contributed by atoms with Crippen LogP contribution in [0.25, 0.3) is 0 Å². The molecular formula is C18H25N3O3. The summed E-state index contributed by atoms with van der Waals surface area (Å²) >= 11 is 0. The van der Waals surface area contributed by atoms with E-state index < -0.39 is 0 Å². The first kappa shape index (κ1) is 16.8. The van der Waals surface area contributed by atoms with E-state index in [-0.39, 0.29) is 5.92 Å². The molecule has 1 fully saturated rings. The van der Waals surface area contributed by atoms with Crippen molar-refractivity contribution >= 4 is 0 Å². The van der Waals surface area contributed by atoms with Crippen molar-refractivity contribution in [1.29, 1.82) is 0 Å². The Balaban J connectivity index is 1.80. The zero-order valence-electron chi connectivity index (χ0n) is 14.8. The molecule has 0 saturated carbocycles. The van der Waals surface area contributed by atoms with Crippen molar-refractivity contribution < 1.29 is 14.0 Å². The van der Waals surface area contributed by atoms with E-state index in [4.69, 9.17) is 14.0 Å². The van der Waals surface area contributed by atoms with Crippen molar-refractivity contribution in [3.63, 3.8) is 0 Å². The molecule has 0 aliphatic carbocycles. The van der Waals surface area contributed by atoms with Crippen LogP contribution in [-0.2, 0) is 6.54 Å². The Morgan fingerprint density at radius 3 is 2.79 bits per heavy atom. The van der Waals surface area contributed by atoms with E-state index in [1.165, 1.54) is 5.56 Å². The lowest BCUT2D eigenvalue weighted by molar-refractivity contribution is 0.233. The summed E-state index contributed by atoms with van der Waals surface area (Å²) in [6.45, 7) is 5.82. The fourth-order valence-corrected chi connectivity index (χ4v) is 3.21. The van der Waals surface area contributed by atoms with Crippen molar-refractivity contribution in [1.82, 2.24) is 15.0 Å². The first-order chi connectivity index (χ1) is 11.6. The summed E-state index contributed by atoms with van der Waals surface area (Å²) in [5, 5.41) is 4.12. The van der Waals surface area contributed by atoms with Crippen LogP contribution in [0, 0.1) is 0 Å². The molecule has 1 aromatic carbocycles. The summed E-state index contributed by atoms with van der Waals surface area (Å²) in [6.07, 6.45) is 2.24. The third-order valence-corrected chi connectivity index (χ3v) is 4.49. The number of ether oxygens (including phenoxy) is 2. The Bertz CT molecular complexity index is 684. The van der Waals surface area contributed by atoms with Crippen molar-refractivity contribution in [3.05, 3.63) is 35.5 Å². The van der Waals surface area contributed by atoms with E-state index in [0.717, 1.165) is 36.7 Å². The summed E-state index contributed by atoms with van der Waals surface area (Å²) in [5.41, 5.74) is 1.18. The molecular weight excluding hydrogens is 306 g/mol. The van der Waals surface area contributed by atoms with Gasteiger partial charge in [-0.3, -0.25) is 4.90 Å². The highest BCUT2D eigenvalue weighted by atomic mass is 16.5. The van der Waals surface area contributed by atoms with Crippen molar-refractivity contribution in [2.45, 2.75) is 45.2 Å². The first-order valence-corrected chi connectivity index (χ1v) is 8.40. The molecule has 6 heteroatoms. The van der Waals surface area contributed by atoms with E-state index in [0.29, 0.717) is 18.5 Å². The summed E-state index contributed by atoms with van der Waals surface area (Å²) in [6, 6.07) is 6.32. The lowest BCUT2D eigenvalue weighted by atomic mass is 10.0. The standard InChI is InChI=1S/C18H25N3O3/c1-12(2)18-19-17(20-24-18)11-21-9-5-6-15(21)14-8-7-13(22-3)10-16(14)23-4/h7-8,10,12,15H,5-6,9,11H2,1-4H3. The van der Waals surface area contributed by atoms with E-state index in [1.54, 1.807) is 14.2 Å². The molecule has 1 aliphatic heterocycles. The van der Waals surface area contributed by atoms with Gasteiger partial charge in [-0.15, -0.1) is 0 Å². The van der Waals surface area contributed by atoms with Gasteiger partial charge in [-0.25, -0.2) is 0 Å². The number of aromatic nitrogens is 2. The van der Waals surface area contributed by atoms with Gasteiger partial charge in [0.1, 0.15) is 11.5 Å². The maximum absolute atomic E-state index is 5.58. The van der Waals surface area contributed by atoms with Crippen LogP contribution in [0.2, 0.25) is 0 Å². The molecule has 1 saturated heterocycles. The zero-order valence-corrected chi connectivity index (χ0v) is 14.8. The largest absolute Gasteiger partial charge is 0.497 e. The maximum atomic E-state index is 5.58. The molecule has 3 rings (SSSR count). The molecule has 6 nitrogen and oxygen atoms in total. The van der Waals surface area contributed by atoms with E-state index in [2.05, 4.69) is 35.0 Å². The highest BCUT2D eigenvalue weighted by Gasteiger charge is 2.29. The second-order valence-electron chi connectivity index (χ2n) is 6.44. The first-order valence-electron chi connectivity index (χ1n) is 8.40. The van der Waals surface area contributed by atoms with Gasteiger partial charge in [-0.05, 0) is 25.5 Å². The van der Waals surface area contributed by atoms with Crippen LogP contribution in [0.1, 0.15) is 55.9 Å². The predicted molar refractivity (Wildman–Crippen MR) is 90.3 cm³/mol. The molecule has 2 heterocycles. The van der Waals surface area contributed by atoms with Gasteiger partial charge >= 0.3 is 0 Å². The summed E-state index contributed by atoms with van der Waals surface area (Å²) in [4.78, 5) is 6.89. The lowest BCUT2D eigenvalue weighted by Crippen LogP contribution is -2.23. The maximum Gasteiger partial charge on any atom is 0.229 e. The molecule has 0 spiro atoms. The third kappa shape index (κ3) is 3.38. The predicted octanol–water partition coefficient (Wildman–Crippen LogP) is 3.55. The molecule has 1 aliphatic rings. The summed E-state index contributed by atoms with van der Waals surface area (Å²) in [7, 11) is 3.37. The molecule has 0 N–H and O–H groups in total. The number of rotatable bonds is 6. The molecule has 1 aromatic heterocycles. The second-order valence-corrected chi connectivity index (χ2v) is 6.44. The summed E-state index contributed by atoms with van der Waals surface area (Å²) in [5.74, 6) is 3.37. The lowest BCUT2D eigenvalue weighted by Gasteiger charge is -2.25. The Morgan fingerprint density at radius 2 is 2.12 bits per heavy atom. The van der Waals surface area contributed by atoms with Gasteiger partial charge in [-0.1, -0.05) is 25.1 Å². The van der Waals surface area contributed by atoms with E-state index >= 15 is 0 Å². The highest BCUT2D eigenvalue weighted by Crippen LogP contribution is 2.39. The van der Waals surface area contributed by atoms with Gasteiger partial charge < -0.3 is 14.0 Å². The normalized spacial score (nSPS) is 18.3. The van der Waals surface area contributed by atoms with Crippen LogP contribution in [-0.4, -0.2) is 35.8 Å². The minimum absolute atomic E-state index is 0.252. The van der Waals surface area contributed by atoms with Gasteiger partial charge in [0.15, 0.2) is 5.82 Å². The SMILES string of the molecule is COc1ccc(C2CCCN2Cc2noc(C(C)C)n2)c(OC)c1. The molecule has 130 valence electrons. The number of likely N-dealkylation sites (tertiary alicyclic amines) is 1. The van der Waals surface area contributed by atoms with Crippen LogP contribution in [0.3, 0.4) is 0 Å². The van der Waals surface area contributed by atoms with Crippen molar-refractivity contribution in [2.75, 3.05) is 20.8 Å². The third-order valence-electron chi connectivity index (χ3n) is 4.49. The number of benzene rings is 1. The number of methoxy groups -OCH3 is 2. The number of nitrogens with zero attached hydrogens (tertiary/aromatic N) is 3. The summed E-state index contributed by atoms with van der Waals surface area (Å²) < 4.78 is 16.2. The molecule has 1 atom stereocenters. The minimum atomic E-state index is 0.252. The molecule has 0 bridgehead atoms. The van der Waals surface area contributed by atoms with Crippen LogP contribution >= 0.6 is 0 Å². The molecule has 0 amide bonds. The Morgan fingerprint density at radius 1 is 1.29 bits per heavy atom. The van der Waals surface area contributed by atoms with Gasteiger partial charge in [0.25, 0.3) is 0 Å². The average Bonchev–Trinajstić information content (AvgIpc) is 3.24. The van der Waals surface area contributed by atoms with Gasteiger partial charge in [0.05, 0.1) is 20.8 Å². The van der Waals surface area contributed by atoms with Crippen LogP contribution in [0.15, 0.2) is 22.7 Å². The monoisotopic (exact) mass is 331 g/mol. The second kappa shape index (κ2) is 7.21. The molecule has 0 radical (unpaired) electrons. The van der Waals surface area contributed by atoms with Gasteiger partial charge in [-0.2, -0.15) is 4.98 Å². The fourth-order valence-electron chi connectivity index (χ4n) is 3.21. The van der Waals surface area contributed by atoms with Crippen molar-refractivity contribution in [2.24, 2.45) is 0 Å². The van der Waals surface area contributed by atoms with Crippen LogP contribution in [0.4, 0.5) is 0 Å². The van der Waals surface area contributed by atoms with Crippen LogP contribution in [0.5, 0.6) is 11.5 Å². The molecule has 1 unspecified atom stereocenters. The van der Waals surface area contributed by atoms with Crippen molar-refractivity contribution in [3.8, 4) is 11.5 Å². The topological polar surface area (TPSA) is 60.6 Å². The van der Waals surface area contributed by atoms with E-state index in [1.807, 2.05) is 12.1 Å². The highest BCUT2D eigenvalue weighted by molar-refractivity contribution is 5.42. The zero-order chi connectivity index (χ0) is 17.1. The minimum Gasteiger partial charge on any atom is -0.497 e. The average molecular weight is 331 g/mol. The van der Waals surface area contributed by atoms with Gasteiger partial charge in [0.2, 0.25) is 5.89 Å². The Hall–Kier alpha value is -2.08. The molecule has 24 heavy (non-hydrogen) atoms. The van der Waals surface area contributed by atoms with Gasteiger partial charge in [0, 0.05) is 23.6 Å².